The maximum absolute atomic E-state index is 12.9. The fourth-order valence-electron chi connectivity index (χ4n) is 3.37. The molecule has 1 fully saturated rings. The Morgan fingerprint density at radius 1 is 1.04 bits per heavy atom. The summed E-state index contributed by atoms with van der Waals surface area (Å²) in [5, 5.41) is 2.95. The maximum atomic E-state index is 12.9. The summed E-state index contributed by atoms with van der Waals surface area (Å²) in [7, 11) is 0. The lowest BCUT2D eigenvalue weighted by molar-refractivity contribution is -0.118. The van der Waals surface area contributed by atoms with Gasteiger partial charge < -0.3 is 14.8 Å². The minimum Gasteiger partial charge on any atom is -0.454 e. The average Bonchev–Trinajstić information content (AvgIpc) is 3.40. The van der Waals surface area contributed by atoms with Gasteiger partial charge in [-0.25, -0.2) is 4.98 Å². The minimum atomic E-state index is -0.509. The maximum Gasteiger partial charge on any atom is 0.236 e. The molecule has 0 radical (unpaired) electrons. The van der Waals surface area contributed by atoms with Crippen LogP contribution >= 0.6 is 0 Å². The van der Waals surface area contributed by atoms with Crippen LogP contribution in [0.25, 0.3) is 11.1 Å². The van der Waals surface area contributed by atoms with Crippen LogP contribution in [0.3, 0.4) is 0 Å². The summed E-state index contributed by atoms with van der Waals surface area (Å²) in [6.45, 7) is 0.227. The van der Waals surface area contributed by atoms with Crippen LogP contribution in [0.1, 0.15) is 19.8 Å². The van der Waals surface area contributed by atoms with Crippen molar-refractivity contribution >= 4 is 11.7 Å². The second-order valence-electron chi connectivity index (χ2n) is 6.78. The van der Waals surface area contributed by atoms with E-state index in [1.807, 2.05) is 42.5 Å². The number of pyridine rings is 2. The Labute approximate surface area is 157 Å². The molecule has 1 amide bonds. The molecule has 1 N–H and O–H groups in total. The summed E-state index contributed by atoms with van der Waals surface area (Å²) in [4.78, 5) is 21.4. The zero-order chi connectivity index (χ0) is 18.3. The van der Waals surface area contributed by atoms with Crippen molar-refractivity contribution in [2.45, 2.75) is 18.3 Å². The summed E-state index contributed by atoms with van der Waals surface area (Å²) in [5.74, 6) is 1.93. The lowest BCUT2D eigenvalue weighted by atomic mass is 9.94. The van der Waals surface area contributed by atoms with E-state index in [4.69, 9.17) is 9.47 Å². The number of nitrogens with zero attached hydrogens (tertiary/aromatic N) is 2. The number of rotatable bonds is 4. The third-order valence-corrected chi connectivity index (χ3v) is 5.11. The fraction of sp³-hybridized carbons (Fsp3) is 0.190. The van der Waals surface area contributed by atoms with Crippen molar-refractivity contribution in [2.24, 2.45) is 0 Å². The minimum absolute atomic E-state index is 0. The van der Waals surface area contributed by atoms with Crippen LogP contribution in [-0.2, 0) is 10.2 Å². The normalized spacial score (nSPS) is 16.0. The molecule has 0 unspecified atom stereocenters. The van der Waals surface area contributed by atoms with Gasteiger partial charge in [-0.1, -0.05) is 12.1 Å². The molecule has 2 aromatic heterocycles. The van der Waals surface area contributed by atoms with E-state index in [9.17, 15) is 4.79 Å². The Hall–Kier alpha value is -3.41. The van der Waals surface area contributed by atoms with E-state index >= 15 is 0 Å². The largest absolute Gasteiger partial charge is 0.454 e. The van der Waals surface area contributed by atoms with Gasteiger partial charge in [0.15, 0.2) is 11.5 Å². The number of hydrogen-bond acceptors (Lipinski definition) is 5. The van der Waals surface area contributed by atoms with Crippen LogP contribution in [-0.4, -0.2) is 22.7 Å². The molecule has 3 aromatic rings. The molecule has 6 nitrogen and oxygen atoms in total. The van der Waals surface area contributed by atoms with Crippen molar-refractivity contribution in [1.82, 2.24) is 9.97 Å². The molecule has 6 heteroatoms. The summed E-state index contributed by atoms with van der Waals surface area (Å²) >= 11 is 0. The van der Waals surface area contributed by atoms with Crippen molar-refractivity contribution in [3.63, 3.8) is 0 Å². The van der Waals surface area contributed by atoms with Crippen molar-refractivity contribution in [2.75, 3.05) is 12.1 Å². The van der Waals surface area contributed by atoms with E-state index in [1.54, 1.807) is 18.6 Å². The van der Waals surface area contributed by atoms with E-state index in [-0.39, 0.29) is 14.1 Å². The van der Waals surface area contributed by atoms with Gasteiger partial charge in [0, 0.05) is 31.1 Å². The topological polar surface area (TPSA) is 73.3 Å². The fourth-order valence-corrected chi connectivity index (χ4v) is 3.37. The molecule has 0 spiro atoms. The van der Waals surface area contributed by atoms with Crippen molar-refractivity contribution in [3.05, 3.63) is 66.6 Å². The number of anilines is 1. The van der Waals surface area contributed by atoms with Crippen LogP contribution in [0.15, 0.2) is 61.1 Å². The first-order valence-electron chi connectivity index (χ1n) is 8.83. The standard InChI is InChI=1S/C21H17N3O3.H2/c25-20(21(7-8-21)16-4-5-17-18(10-16)27-13-26-17)24-19-6-3-15(12-23-19)14-2-1-9-22-11-14;/h1-6,9-12H,7-8,13H2,(H,23,24,25);1H. The molecular formula is C21H19N3O3. The van der Waals surface area contributed by atoms with Crippen molar-refractivity contribution < 1.29 is 15.7 Å². The number of nitrogens with one attached hydrogen (secondary N) is 1. The Bertz CT molecular complexity index is 1010. The molecule has 1 aliphatic carbocycles. The SMILES string of the molecule is O=C(Nc1ccc(-c2cccnc2)cn1)C1(c2ccc3c(c2)OCO3)CC1.[HH]. The van der Waals surface area contributed by atoms with Crippen LogP contribution in [0.2, 0.25) is 0 Å². The second kappa shape index (κ2) is 6.09. The van der Waals surface area contributed by atoms with E-state index < -0.39 is 5.41 Å². The van der Waals surface area contributed by atoms with Gasteiger partial charge in [-0.15, -0.1) is 0 Å². The van der Waals surface area contributed by atoms with E-state index in [2.05, 4.69) is 15.3 Å². The number of amides is 1. The predicted octanol–water partition coefficient (Wildman–Crippen LogP) is 3.79. The molecule has 136 valence electrons. The monoisotopic (exact) mass is 361 g/mol. The molecule has 1 saturated carbocycles. The summed E-state index contributed by atoms with van der Waals surface area (Å²) in [6.07, 6.45) is 6.89. The summed E-state index contributed by atoms with van der Waals surface area (Å²) in [5.41, 5.74) is 2.39. The van der Waals surface area contributed by atoms with Gasteiger partial charge in [-0.2, -0.15) is 0 Å². The number of aromatic nitrogens is 2. The Morgan fingerprint density at radius 3 is 2.63 bits per heavy atom. The van der Waals surface area contributed by atoms with Gasteiger partial charge in [0.1, 0.15) is 5.82 Å². The smallest absolute Gasteiger partial charge is 0.236 e. The first-order chi connectivity index (χ1) is 13.2. The molecular weight excluding hydrogens is 342 g/mol. The molecule has 3 heterocycles. The van der Waals surface area contributed by atoms with E-state index in [0.29, 0.717) is 11.6 Å². The molecule has 5 rings (SSSR count). The molecule has 0 atom stereocenters. The Kier molecular flexibility index (Phi) is 3.57. The van der Waals surface area contributed by atoms with Gasteiger partial charge >= 0.3 is 0 Å². The third kappa shape index (κ3) is 2.79. The number of carbonyl (C=O) groups is 1. The molecule has 1 aliphatic heterocycles. The average molecular weight is 361 g/mol. The van der Waals surface area contributed by atoms with Gasteiger partial charge in [0.2, 0.25) is 12.7 Å². The summed E-state index contributed by atoms with van der Waals surface area (Å²) in [6, 6.07) is 13.3. The van der Waals surface area contributed by atoms with E-state index in [0.717, 1.165) is 35.3 Å². The van der Waals surface area contributed by atoms with Gasteiger partial charge in [-0.05, 0) is 48.7 Å². The first kappa shape index (κ1) is 15.8. The highest BCUT2D eigenvalue weighted by Gasteiger charge is 2.51. The quantitative estimate of drug-likeness (QED) is 0.765. The van der Waals surface area contributed by atoms with Gasteiger partial charge in [-0.3, -0.25) is 9.78 Å². The van der Waals surface area contributed by atoms with Crippen LogP contribution in [0.5, 0.6) is 11.5 Å². The molecule has 1 aromatic carbocycles. The van der Waals surface area contributed by atoms with Crippen LogP contribution in [0.4, 0.5) is 5.82 Å². The number of fused-ring (bicyclic) bond motifs is 1. The van der Waals surface area contributed by atoms with Gasteiger partial charge in [0.25, 0.3) is 0 Å². The Balaban J connectivity index is 0.00000192. The number of carbonyl (C=O) groups excluding carboxylic acids is 1. The highest BCUT2D eigenvalue weighted by atomic mass is 16.7. The molecule has 2 aliphatic rings. The number of hydrogen-bond donors (Lipinski definition) is 1. The zero-order valence-electron chi connectivity index (χ0n) is 14.5. The first-order valence-corrected chi connectivity index (χ1v) is 8.83. The van der Waals surface area contributed by atoms with E-state index in [1.165, 1.54) is 0 Å². The van der Waals surface area contributed by atoms with Crippen LogP contribution < -0.4 is 14.8 Å². The van der Waals surface area contributed by atoms with Crippen LogP contribution in [0, 0.1) is 0 Å². The highest BCUT2D eigenvalue weighted by Crippen LogP contribution is 2.51. The van der Waals surface area contributed by atoms with Gasteiger partial charge in [0.05, 0.1) is 5.41 Å². The lowest BCUT2D eigenvalue weighted by Crippen LogP contribution is -2.28. The molecule has 27 heavy (non-hydrogen) atoms. The predicted molar refractivity (Wildman–Crippen MR) is 102 cm³/mol. The second-order valence-corrected chi connectivity index (χ2v) is 6.78. The number of benzene rings is 1. The lowest BCUT2D eigenvalue weighted by Gasteiger charge is -2.16. The Morgan fingerprint density at radius 2 is 1.89 bits per heavy atom. The summed E-state index contributed by atoms with van der Waals surface area (Å²) < 4.78 is 10.8. The van der Waals surface area contributed by atoms with Crippen molar-refractivity contribution in [1.29, 1.82) is 0 Å². The molecule has 0 bridgehead atoms. The number of ether oxygens (including phenoxy) is 2. The zero-order valence-corrected chi connectivity index (χ0v) is 14.5. The highest BCUT2D eigenvalue weighted by molar-refractivity contribution is 6.01. The molecule has 0 saturated heterocycles. The third-order valence-electron chi connectivity index (χ3n) is 5.11. The van der Waals surface area contributed by atoms with Crippen molar-refractivity contribution in [3.8, 4) is 22.6 Å².